The largest absolute Gasteiger partial charge is 0.480 e. The number of carboxylic acid groups (broad SMARTS) is 1. The second-order valence-corrected chi connectivity index (χ2v) is 6.75. The number of hydrogen-bond acceptors (Lipinski definition) is 6. The number of carboxylic acids is 1. The van der Waals surface area contributed by atoms with Gasteiger partial charge in [-0.2, -0.15) is 0 Å². The van der Waals surface area contributed by atoms with Gasteiger partial charge >= 0.3 is 5.97 Å². The molecule has 9 heteroatoms. The van der Waals surface area contributed by atoms with E-state index >= 15 is 0 Å². The Morgan fingerprint density at radius 2 is 2.05 bits per heavy atom. The highest BCUT2D eigenvalue weighted by molar-refractivity contribution is 7.91. The standard InChI is InChI=1S/C11H19NO7S/c1-18-4-3-12(9-2-5-20(16,17)8-9)10(13)6-19-7-11(14)15/h9H,2-8H2,1H3,(H,14,15). The third-order valence-electron chi connectivity index (χ3n) is 2.96. The molecule has 0 aromatic heterocycles. The summed E-state index contributed by atoms with van der Waals surface area (Å²) >= 11 is 0. The number of carbonyl (C=O) groups is 2. The predicted octanol–water partition coefficient (Wildman–Crippen LogP) is -1.25. The first kappa shape index (κ1) is 16.9. The number of amides is 1. The molecule has 1 aliphatic rings. The maximum atomic E-state index is 12.0. The van der Waals surface area contributed by atoms with E-state index in [1.807, 2.05) is 0 Å². The summed E-state index contributed by atoms with van der Waals surface area (Å²) < 4.78 is 32.6. The fourth-order valence-electron chi connectivity index (χ4n) is 2.03. The number of aliphatic carboxylic acids is 1. The molecule has 1 unspecified atom stereocenters. The summed E-state index contributed by atoms with van der Waals surface area (Å²) in [4.78, 5) is 23.7. The Morgan fingerprint density at radius 1 is 1.35 bits per heavy atom. The van der Waals surface area contributed by atoms with Gasteiger partial charge in [-0.3, -0.25) is 4.79 Å². The van der Waals surface area contributed by atoms with E-state index in [-0.39, 0.29) is 31.3 Å². The van der Waals surface area contributed by atoms with E-state index in [1.165, 1.54) is 12.0 Å². The van der Waals surface area contributed by atoms with E-state index in [4.69, 9.17) is 14.6 Å². The number of nitrogens with zero attached hydrogens (tertiary/aromatic N) is 1. The molecule has 1 aliphatic heterocycles. The lowest BCUT2D eigenvalue weighted by molar-refractivity contribution is -0.146. The van der Waals surface area contributed by atoms with Crippen LogP contribution in [0.4, 0.5) is 0 Å². The summed E-state index contributed by atoms with van der Waals surface area (Å²) in [5, 5.41) is 8.44. The SMILES string of the molecule is COCCN(C(=O)COCC(=O)O)C1CCS(=O)(=O)C1. The number of methoxy groups -OCH3 is 1. The number of sulfone groups is 1. The summed E-state index contributed by atoms with van der Waals surface area (Å²) in [5.74, 6) is -1.60. The van der Waals surface area contributed by atoms with Crippen LogP contribution in [0.2, 0.25) is 0 Å². The molecule has 1 heterocycles. The molecule has 116 valence electrons. The lowest BCUT2D eigenvalue weighted by atomic mass is 10.2. The number of carbonyl (C=O) groups excluding carboxylic acids is 1. The third kappa shape index (κ3) is 5.43. The van der Waals surface area contributed by atoms with Crippen LogP contribution in [0.25, 0.3) is 0 Å². The lowest BCUT2D eigenvalue weighted by Gasteiger charge is -2.27. The quantitative estimate of drug-likeness (QED) is 0.596. The zero-order valence-electron chi connectivity index (χ0n) is 11.3. The van der Waals surface area contributed by atoms with Gasteiger partial charge in [0.15, 0.2) is 9.84 Å². The van der Waals surface area contributed by atoms with Crippen molar-refractivity contribution in [3.05, 3.63) is 0 Å². The van der Waals surface area contributed by atoms with Crippen LogP contribution in [-0.2, 0) is 28.9 Å². The first-order chi connectivity index (χ1) is 9.35. The molecule has 0 aromatic carbocycles. The van der Waals surface area contributed by atoms with Crippen molar-refractivity contribution in [2.75, 3.05) is 45.0 Å². The molecule has 1 fully saturated rings. The van der Waals surface area contributed by atoms with Crippen LogP contribution in [0.15, 0.2) is 0 Å². The van der Waals surface area contributed by atoms with Gasteiger partial charge in [-0.05, 0) is 6.42 Å². The number of ether oxygens (including phenoxy) is 2. The normalized spacial score (nSPS) is 20.8. The molecule has 1 N–H and O–H groups in total. The summed E-state index contributed by atoms with van der Waals surface area (Å²) in [7, 11) is -1.62. The molecule has 1 rings (SSSR count). The van der Waals surface area contributed by atoms with Crippen molar-refractivity contribution >= 4 is 21.7 Å². The van der Waals surface area contributed by atoms with E-state index in [0.717, 1.165) is 0 Å². The second-order valence-electron chi connectivity index (χ2n) is 4.52. The highest BCUT2D eigenvalue weighted by Gasteiger charge is 2.34. The molecule has 1 saturated heterocycles. The zero-order chi connectivity index (χ0) is 15.2. The molecule has 0 saturated carbocycles. The van der Waals surface area contributed by atoms with Crippen LogP contribution in [0.5, 0.6) is 0 Å². The average molecular weight is 309 g/mol. The Balaban J connectivity index is 2.59. The first-order valence-corrected chi connectivity index (χ1v) is 7.96. The average Bonchev–Trinajstić information content (AvgIpc) is 2.69. The highest BCUT2D eigenvalue weighted by atomic mass is 32.2. The van der Waals surface area contributed by atoms with Gasteiger partial charge in [0.25, 0.3) is 0 Å². The van der Waals surface area contributed by atoms with E-state index < -0.39 is 34.4 Å². The van der Waals surface area contributed by atoms with Crippen molar-refractivity contribution in [2.45, 2.75) is 12.5 Å². The molecule has 8 nitrogen and oxygen atoms in total. The van der Waals surface area contributed by atoms with E-state index in [9.17, 15) is 18.0 Å². The molecule has 20 heavy (non-hydrogen) atoms. The van der Waals surface area contributed by atoms with Crippen molar-refractivity contribution in [3.8, 4) is 0 Å². The Bertz CT molecular complexity index is 448. The van der Waals surface area contributed by atoms with Gasteiger partial charge in [0, 0.05) is 19.7 Å². The summed E-state index contributed by atoms with van der Waals surface area (Å²) in [5.41, 5.74) is 0. The van der Waals surface area contributed by atoms with Crippen molar-refractivity contribution in [2.24, 2.45) is 0 Å². The van der Waals surface area contributed by atoms with Crippen LogP contribution in [0.1, 0.15) is 6.42 Å². The van der Waals surface area contributed by atoms with Gasteiger partial charge in [-0.25, -0.2) is 13.2 Å². The summed E-state index contributed by atoms with van der Waals surface area (Å²) in [6.45, 7) is -0.410. The van der Waals surface area contributed by atoms with E-state index in [0.29, 0.717) is 6.42 Å². The lowest BCUT2D eigenvalue weighted by Crippen LogP contribution is -2.45. The Hall–Kier alpha value is -1.19. The van der Waals surface area contributed by atoms with Crippen LogP contribution in [-0.4, -0.2) is 81.3 Å². The summed E-state index contributed by atoms with van der Waals surface area (Å²) in [6.07, 6.45) is 0.386. The Morgan fingerprint density at radius 3 is 2.55 bits per heavy atom. The fraction of sp³-hybridized carbons (Fsp3) is 0.818. The first-order valence-electron chi connectivity index (χ1n) is 6.14. The third-order valence-corrected chi connectivity index (χ3v) is 4.71. The minimum absolute atomic E-state index is 0.0599. The zero-order valence-corrected chi connectivity index (χ0v) is 12.1. The van der Waals surface area contributed by atoms with Crippen LogP contribution < -0.4 is 0 Å². The van der Waals surface area contributed by atoms with Crippen LogP contribution in [0, 0.1) is 0 Å². The highest BCUT2D eigenvalue weighted by Crippen LogP contribution is 2.17. The second kappa shape index (κ2) is 7.55. The van der Waals surface area contributed by atoms with Crippen LogP contribution in [0.3, 0.4) is 0 Å². The molecule has 0 aliphatic carbocycles. The summed E-state index contributed by atoms with van der Waals surface area (Å²) in [6, 6.07) is -0.393. The van der Waals surface area contributed by atoms with E-state index in [1.54, 1.807) is 0 Å². The molecule has 0 spiro atoms. The van der Waals surface area contributed by atoms with Crippen molar-refractivity contribution in [3.63, 3.8) is 0 Å². The van der Waals surface area contributed by atoms with Gasteiger partial charge in [-0.15, -0.1) is 0 Å². The molecule has 0 radical (unpaired) electrons. The fourth-order valence-corrected chi connectivity index (χ4v) is 3.76. The van der Waals surface area contributed by atoms with Gasteiger partial charge in [0.1, 0.15) is 13.2 Å². The topological polar surface area (TPSA) is 110 Å². The van der Waals surface area contributed by atoms with Gasteiger partial charge in [0.2, 0.25) is 5.91 Å². The van der Waals surface area contributed by atoms with Crippen LogP contribution >= 0.6 is 0 Å². The van der Waals surface area contributed by atoms with Crippen molar-refractivity contribution < 1.29 is 32.6 Å². The molecule has 0 bridgehead atoms. The number of rotatable bonds is 8. The predicted molar refractivity (Wildman–Crippen MR) is 69.1 cm³/mol. The molecular weight excluding hydrogens is 290 g/mol. The minimum atomic E-state index is -3.10. The van der Waals surface area contributed by atoms with Gasteiger partial charge in [-0.1, -0.05) is 0 Å². The molecule has 0 aromatic rings. The monoisotopic (exact) mass is 309 g/mol. The van der Waals surface area contributed by atoms with E-state index in [2.05, 4.69) is 0 Å². The van der Waals surface area contributed by atoms with Gasteiger partial charge in [0.05, 0.1) is 18.1 Å². The maximum Gasteiger partial charge on any atom is 0.329 e. The molecule has 1 amide bonds. The minimum Gasteiger partial charge on any atom is -0.480 e. The van der Waals surface area contributed by atoms with Crippen molar-refractivity contribution in [1.29, 1.82) is 0 Å². The Labute approximate surface area is 117 Å². The molecule has 1 atom stereocenters. The number of hydrogen-bond donors (Lipinski definition) is 1. The van der Waals surface area contributed by atoms with Crippen molar-refractivity contribution in [1.82, 2.24) is 4.90 Å². The Kier molecular flexibility index (Phi) is 6.37. The van der Waals surface area contributed by atoms with Gasteiger partial charge < -0.3 is 19.5 Å². The molecular formula is C11H19NO7S. The maximum absolute atomic E-state index is 12.0. The smallest absolute Gasteiger partial charge is 0.329 e.